The number of aliphatic imine (C=N–C) groups is 1. The number of hydrogen-bond acceptors (Lipinski definition) is 2. The van der Waals surface area contributed by atoms with Gasteiger partial charge < -0.3 is 10.6 Å². The van der Waals surface area contributed by atoms with Crippen LogP contribution in [0.15, 0.2) is 29.3 Å². The van der Waals surface area contributed by atoms with Gasteiger partial charge in [0.25, 0.3) is 0 Å². The number of benzene rings is 1. The van der Waals surface area contributed by atoms with Gasteiger partial charge in [-0.05, 0) is 56.2 Å². The van der Waals surface area contributed by atoms with Crippen LogP contribution in [0.25, 0.3) is 0 Å². The quantitative estimate of drug-likeness (QED) is 0.337. The first-order chi connectivity index (χ1) is 11.7. The Labute approximate surface area is 167 Å². The summed E-state index contributed by atoms with van der Waals surface area (Å²) in [6.07, 6.45) is 5.56. The Morgan fingerprint density at radius 1 is 1.16 bits per heavy atom. The van der Waals surface area contributed by atoms with Crippen LogP contribution in [-0.2, 0) is 6.54 Å². The van der Waals surface area contributed by atoms with E-state index in [1.54, 1.807) is 12.1 Å². The Bertz CT molecular complexity index is 541. The maximum absolute atomic E-state index is 12.9. The van der Waals surface area contributed by atoms with Gasteiger partial charge in [-0.25, -0.2) is 9.38 Å². The first kappa shape index (κ1) is 20.4. The van der Waals surface area contributed by atoms with Crippen molar-refractivity contribution < 1.29 is 4.39 Å². The minimum atomic E-state index is -0.205. The number of rotatable bonds is 9. The second-order valence-corrected chi connectivity index (χ2v) is 6.92. The molecule has 1 aromatic rings. The van der Waals surface area contributed by atoms with Gasteiger partial charge in [0.2, 0.25) is 0 Å². The average Bonchev–Trinajstić information content (AvgIpc) is 3.46. The first-order valence-electron chi connectivity index (χ1n) is 9.25. The molecule has 6 heteroatoms. The van der Waals surface area contributed by atoms with E-state index in [9.17, 15) is 4.39 Å². The molecule has 4 nitrogen and oxygen atoms in total. The summed E-state index contributed by atoms with van der Waals surface area (Å²) in [6.45, 7) is 6.74. The Kier molecular flexibility index (Phi) is 8.42. The van der Waals surface area contributed by atoms with E-state index in [1.165, 1.54) is 44.4 Å². The van der Waals surface area contributed by atoms with Gasteiger partial charge in [-0.1, -0.05) is 12.1 Å². The van der Waals surface area contributed by atoms with E-state index >= 15 is 0 Å². The minimum absolute atomic E-state index is 0. The molecule has 2 N–H and O–H groups in total. The second kappa shape index (κ2) is 10.3. The Hall–Kier alpha value is -0.890. The normalized spacial score (nSPS) is 17.3. The molecular weight excluding hydrogens is 430 g/mol. The zero-order chi connectivity index (χ0) is 16.8. The summed E-state index contributed by atoms with van der Waals surface area (Å²) in [5.41, 5.74) is 1.02. The lowest BCUT2D eigenvalue weighted by atomic mass is 10.2. The molecule has 2 saturated carbocycles. The largest absolute Gasteiger partial charge is 0.357 e. The zero-order valence-corrected chi connectivity index (χ0v) is 17.3. The van der Waals surface area contributed by atoms with Crippen molar-refractivity contribution in [2.24, 2.45) is 10.9 Å². The number of halogens is 2. The predicted molar refractivity (Wildman–Crippen MR) is 112 cm³/mol. The van der Waals surface area contributed by atoms with Crippen LogP contribution in [0.2, 0.25) is 0 Å². The molecule has 0 aromatic heterocycles. The first-order valence-corrected chi connectivity index (χ1v) is 9.25. The molecule has 1 aromatic carbocycles. The van der Waals surface area contributed by atoms with Crippen LogP contribution in [-0.4, -0.2) is 43.1 Å². The Morgan fingerprint density at radius 3 is 2.48 bits per heavy atom. The molecule has 0 radical (unpaired) electrons. The van der Waals surface area contributed by atoms with Crippen molar-refractivity contribution >= 4 is 29.9 Å². The number of hydrogen-bond donors (Lipinski definition) is 2. The fraction of sp³-hybridized carbons (Fsp3) is 0.632. The van der Waals surface area contributed by atoms with E-state index in [0.29, 0.717) is 6.54 Å². The summed E-state index contributed by atoms with van der Waals surface area (Å²) in [4.78, 5) is 7.24. The standard InChI is InChI=1S/C19H29FN4.HI/c1-2-21-19(23-13-15-5-7-17(20)8-6-15)22-11-12-24(18-9-10-18)14-16-3-4-16;/h5-8,16,18H,2-4,9-14H2,1H3,(H2,21,22,23);1H. The van der Waals surface area contributed by atoms with Crippen LogP contribution in [0.5, 0.6) is 0 Å². The molecule has 0 saturated heterocycles. The van der Waals surface area contributed by atoms with E-state index in [1.807, 2.05) is 0 Å². The maximum Gasteiger partial charge on any atom is 0.191 e. The van der Waals surface area contributed by atoms with Gasteiger partial charge in [-0.3, -0.25) is 4.90 Å². The third-order valence-electron chi connectivity index (χ3n) is 4.62. The van der Waals surface area contributed by atoms with E-state index in [4.69, 9.17) is 0 Å². The number of nitrogens with zero attached hydrogens (tertiary/aromatic N) is 2. The van der Waals surface area contributed by atoms with E-state index < -0.39 is 0 Å². The third kappa shape index (κ3) is 7.48. The van der Waals surface area contributed by atoms with Crippen LogP contribution < -0.4 is 10.6 Å². The number of nitrogens with one attached hydrogen (secondary N) is 2. The van der Waals surface area contributed by atoms with Crippen molar-refractivity contribution in [3.8, 4) is 0 Å². The molecular formula is C19H30FIN4. The molecule has 140 valence electrons. The fourth-order valence-electron chi connectivity index (χ4n) is 2.91. The second-order valence-electron chi connectivity index (χ2n) is 6.92. The summed E-state index contributed by atoms with van der Waals surface area (Å²) in [6, 6.07) is 7.36. The monoisotopic (exact) mass is 460 g/mol. The van der Waals surface area contributed by atoms with Crippen LogP contribution in [0.4, 0.5) is 4.39 Å². The molecule has 2 aliphatic carbocycles. The molecule has 0 amide bonds. The average molecular weight is 460 g/mol. The van der Waals surface area contributed by atoms with Gasteiger partial charge in [0.05, 0.1) is 6.54 Å². The van der Waals surface area contributed by atoms with Gasteiger partial charge in [-0.2, -0.15) is 0 Å². The van der Waals surface area contributed by atoms with Gasteiger partial charge in [-0.15, -0.1) is 24.0 Å². The lowest BCUT2D eigenvalue weighted by molar-refractivity contribution is 0.256. The highest BCUT2D eigenvalue weighted by Crippen LogP contribution is 2.34. The van der Waals surface area contributed by atoms with Crippen molar-refractivity contribution in [3.05, 3.63) is 35.6 Å². The minimum Gasteiger partial charge on any atom is -0.357 e. The van der Waals surface area contributed by atoms with Crippen molar-refractivity contribution in [2.75, 3.05) is 26.2 Å². The predicted octanol–water partition coefficient (Wildman–Crippen LogP) is 3.37. The SMILES string of the molecule is CCNC(=NCc1ccc(F)cc1)NCCN(CC1CC1)C1CC1.I. The van der Waals surface area contributed by atoms with Crippen molar-refractivity contribution in [2.45, 2.75) is 45.2 Å². The lowest BCUT2D eigenvalue weighted by Crippen LogP contribution is -2.42. The lowest BCUT2D eigenvalue weighted by Gasteiger charge is -2.22. The third-order valence-corrected chi connectivity index (χ3v) is 4.62. The van der Waals surface area contributed by atoms with Gasteiger partial charge in [0, 0.05) is 32.2 Å². The fourth-order valence-corrected chi connectivity index (χ4v) is 2.91. The summed E-state index contributed by atoms with van der Waals surface area (Å²) < 4.78 is 12.9. The van der Waals surface area contributed by atoms with Crippen molar-refractivity contribution in [1.29, 1.82) is 0 Å². The molecule has 2 aliphatic rings. The molecule has 0 unspecified atom stereocenters. The summed E-state index contributed by atoms with van der Waals surface area (Å²) in [7, 11) is 0. The Balaban J connectivity index is 0.00000225. The molecule has 0 atom stereocenters. The smallest absolute Gasteiger partial charge is 0.191 e. The van der Waals surface area contributed by atoms with Crippen LogP contribution in [0.3, 0.4) is 0 Å². The van der Waals surface area contributed by atoms with Crippen LogP contribution >= 0.6 is 24.0 Å². The molecule has 25 heavy (non-hydrogen) atoms. The van der Waals surface area contributed by atoms with Crippen LogP contribution in [0, 0.1) is 11.7 Å². The summed E-state index contributed by atoms with van der Waals surface area (Å²) in [5, 5.41) is 6.71. The van der Waals surface area contributed by atoms with E-state index in [2.05, 4.69) is 27.4 Å². The summed E-state index contributed by atoms with van der Waals surface area (Å²) >= 11 is 0. The van der Waals surface area contributed by atoms with Gasteiger partial charge in [0.15, 0.2) is 5.96 Å². The molecule has 0 bridgehead atoms. The molecule has 2 fully saturated rings. The highest BCUT2D eigenvalue weighted by atomic mass is 127. The molecule has 0 spiro atoms. The highest BCUT2D eigenvalue weighted by molar-refractivity contribution is 14.0. The van der Waals surface area contributed by atoms with E-state index in [-0.39, 0.29) is 29.8 Å². The molecule has 0 heterocycles. The summed E-state index contributed by atoms with van der Waals surface area (Å²) in [5.74, 6) is 1.58. The van der Waals surface area contributed by atoms with E-state index in [0.717, 1.165) is 43.1 Å². The topological polar surface area (TPSA) is 39.7 Å². The van der Waals surface area contributed by atoms with Crippen LogP contribution in [0.1, 0.15) is 38.2 Å². The maximum atomic E-state index is 12.9. The van der Waals surface area contributed by atoms with Gasteiger partial charge >= 0.3 is 0 Å². The highest BCUT2D eigenvalue weighted by Gasteiger charge is 2.33. The molecule has 0 aliphatic heterocycles. The number of guanidine groups is 1. The van der Waals surface area contributed by atoms with Crippen molar-refractivity contribution in [1.82, 2.24) is 15.5 Å². The van der Waals surface area contributed by atoms with Crippen molar-refractivity contribution in [3.63, 3.8) is 0 Å². The zero-order valence-electron chi connectivity index (χ0n) is 15.0. The Morgan fingerprint density at radius 2 is 1.88 bits per heavy atom. The van der Waals surface area contributed by atoms with Gasteiger partial charge in [0.1, 0.15) is 5.82 Å². The molecule has 3 rings (SSSR count).